The molecule has 0 atom stereocenters. The monoisotopic (exact) mass is 364 g/mol. The minimum absolute atomic E-state index is 0.0122. The molecule has 1 aromatic carbocycles. The van der Waals surface area contributed by atoms with Crippen LogP contribution in [0.25, 0.3) is 0 Å². The van der Waals surface area contributed by atoms with E-state index in [1.165, 1.54) is 0 Å². The second kappa shape index (κ2) is 7.72. The molecule has 1 N–H and O–H groups in total. The van der Waals surface area contributed by atoms with Gasteiger partial charge < -0.3 is 10.2 Å². The largest absolute Gasteiger partial charge is 0.433 e. The van der Waals surface area contributed by atoms with Gasteiger partial charge in [0.05, 0.1) is 0 Å². The minimum atomic E-state index is -4.48. The van der Waals surface area contributed by atoms with Crippen LogP contribution in [-0.2, 0) is 6.18 Å². The molecule has 1 aliphatic heterocycles. The molecule has 1 amide bonds. The Morgan fingerprint density at radius 2 is 1.85 bits per heavy atom. The molecule has 8 heteroatoms. The fraction of sp³-hybridized carbons (Fsp3) is 0.389. The van der Waals surface area contributed by atoms with Gasteiger partial charge in [0.15, 0.2) is 0 Å². The lowest BCUT2D eigenvalue weighted by molar-refractivity contribution is -0.141. The maximum Gasteiger partial charge on any atom is 0.433 e. The summed E-state index contributed by atoms with van der Waals surface area (Å²) in [7, 11) is 0. The Balaban J connectivity index is 1.50. The van der Waals surface area contributed by atoms with E-state index in [-0.39, 0.29) is 17.8 Å². The molecule has 2 aromatic rings. The molecule has 1 fully saturated rings. The second-order valence-corrected chi connectivity index (χ2v) is 6.25. The summed E-state index contributed by atoms with van der Waals surface area (Å²) in [5.41, 5.74) is -0.292. The van der Waals surface area contributed by atoms with Gasteiger partial charge in [0.25, 0.3) is 5.91 Å². The number of aromatic nitrogens is 2. The Labute approximate surface area is 149 Å². The highest BCUT2D eigenvalue weighted by Crippen LogP contribution is 2.27. The van der Waals surface area contributed by atoms with Crippen molar-refractivity contribution in [3.63, 3.8) is 0 Å². The van der Waals surface area contributed by atoms with Gasteiger partial charge in [-0.25, -0.2) is 9.97 Å². The molecule has 0 unspecified atom stereocenters. The molecule has 138 valence electrons. The zero-order valence-electron chi connectivity index (χ0n) is 14.0. The van der Waals surface area contributed by atoms with Crippen LogP contribution in [-0.4, -0.2) is 40.4 Å². The van der Waals surface area contributed by atoms with Crippen molar-refractivity contribution in [1.82, 2.24) is 14.9 Å². The Morgan fingerprint density at radius 1 is 1.15 bits per heavy atom. The van der Waals surface area contributed by atoms with E-state index in [1.54, 1.807) is 12.1 Å². The van der Waals surface area contributed by atoms with E-state index in [1.807, 2.05) is 23.1 Å². The predicted molar refractivity (Wildman–Crippen MR) is 90.6 cm³/mol. The highest BCUT2D eigenvalue weighted by atomic mass is 19.4. The molecular weight excluding hydrogens is 345 g/mol. The topological polar surface area (TPSA) is 58.1 Å². The number of halogens is 3. The molecule has 1 saturated heterocycles. The first-order valence-corrected chi connectivity index (χ1v) is 8.42. The first-order valence-electron chi connectivity index (χ1n) is 8.42. The van der Waals surface area contributed by atoms with Crippen LogP contribution in [0.1, 0.15) is 28.9 Å². The van der Waals surface area contributed by atoms with Crippen molar-refractivity contribution >= 4 is 11.9 Å². The summed E-state index contributed by atoms with van der Waals surface area (Å²) in [5, 5.41) is 2.88. The molecule has 1 aliphatic rings. The third kappa shape index (κ3) is 4.50. The number of amides is 1. The average Bonchev–Trinajstić information content (AvgIpc) is 2.66. The highest BCUT2D eigenvalue weighted by molar-refractivity contribution is 5.94. The van der Waals surface area contributed by atoms with Crippen molar-refractivity contribution in [2.75, 3.05) is 25.0 Å². The molecule has 26 heavy (non-hydrogen) atoms. The Kier molecular flexibility index (Phi) is 5.39. The van der Waals surface area contributed by atoms with Gasteiger partial charge in [0, 0.05) is 31.4 Å². The Hall–Kier alpha value is -2.64. The van der Waals surface area contributed by atoms with Crippen LogP contribution in [0.2, 0.25) is 0 Å². The average molecular weight is 364 g/mol. The number of benzene rings is 1. The van der Waals surface area contributed by atoms with Crippen LogP contribution < -0.4 is 5.32 Å². The molecule has 1 aromatic heterocycles. The molecular formula is C18H19F3N4O. The van der Waals surface area contributed by atoms with Gasteiger partial charge in [-0.15, -0.1) is 0 Å². The quantitative estimate of drug-likeness (QED) is 0.903. The SMILES string of the molecule is O=C(c1ccccc1)N1CCC(CNc2nccc(C(F)(F)F)n2)CC1. The minimum Gasteiger partial charge on any atom is -0.354 e. The van der Waals surface area contributed by atoms with E-state index in [9.17, 15) is 18.0 Å². The Bertz CT molecular complexity index is 744. The van der Waals surface area contributed by atoms with E-state index < -0.39 is 11.9 Å². The summed E-state index contributed by atoms with van der Waals surface area (Å²) < 4.78 is 38.0. The van der Waals surface area contributed by atoms with Crippen LogP contribution >= 0.6 is 0 Å². The van der Waals surface area contributed by atoms with Crippen molar-refractivity contribution in [3.05, 3.63) is 53.9 Å². The van der Waals surface area contributed by atoms with E-state index in [4.69, 9.17) is 0 Å². The number of hydrogen-bond donors (Lipinski definition) is 1. The van der Waals surface area contributed by atoms with Crippen LogP contribution in [0.5, 0.6) is 0 Å². The van der Waals surface area contributed by atoms with Crippen molar-refractivity contribution in [2.45, 2.75) is 19.0 Å². The molecule has 3 rings (SSSR count). The number of alkyl halides is 3. The van der Waals surface area contributed by atoms with E-state index in [0.717, 1.165) is 25.1 Å². The number of rotatable bonds is 4. The van der Waals surface area contributed by atoms with Gasteiger partial charge in [0.1, 0.15) is 5.69 Å². The smallest absolute Gasteiger partial charge is 0.354 e. The number of carbonyl (C=O) groups is 1. The standard InChI is InChI=1S/C18H19F3N4O/c19-18(20,21)15-6-9-22-17(24-15)23-12-13-7-10-25(11-8-13)16(26)14-4-2-1-3-5-14/h1-6,9,13H,7-8,10-12H2,(H,22,23,24). The van der Waals surface area contributed by atoms with Gasteiger partial charge in [-0.3, -0.25) is 4.79 Å². The summed E-state index contributed by atoms with van der Waals surface area (Å²) in [5.74, 6) is 0.244. The molecule has 0 saturated carbocycles. The lowest BCUT2D eigenvalue weighted by Crippen LogP contribution is -2.40. The first kappa shape index (κ1) is 18.2. The fourth-order valence-electron chi connectivity index (χ4n) is 2.94. The molecule has 5 nitrogen and oxygen atoms in total. The first-order chi connectivity index (χ1) is 12.4. The van der Waals surface area contributed by atoms with Gasteiger partial charge in [-0.05, 0) is 37.0 Å². The van der Waals surface area contributed by atoms with Crippen molar-refractivity contribution < 1.29 is 18.0 Å². The van der Waals surface area contributed by atoms with Crippen molar-refractivity contribution in [1.29, 1.82) is 0 Å². The second-order valence-electron chi connectivity index (χ2n) is 6.25. The lowest BCUT2D eigenvalue weighted by Gasteiger charge is -2.32. The number of nitrogens with one attached hydrogen (secondary N) is 1. The maximum atomic E-state index is 12.7. The third-order valence-electron chi connectivity index (χ3n) is 4.42. The zero-order valence-corrected chi connectivity index (χ0v) is 14.0. The van der Waals surface area contributed by atoms with Crippen LogP contribution in [0, 0.1) is 5.92 Å². The highest BCUT2D eigenvalue weighted by Gasteiger charge is 2.33. The van der Waals surface area contributed by atoms with Crippen molar-refractivity contribution in [3.8, 4) is 0 Å². The summed E-state index contributed by atoms with van der Waals surface area (Å²) in [6.45, 7) is 1.74. The van der Waals surface area contributed by atoms with Gasteiger partial charge in [0.2, 0.25) is 5.95 Å². The molecule has 0 radical (unpaired) electrons. The Morgan fingerprint density at radius 3 is 2.50 bits per heavy atom. The lowest BCUT2D eigenvalue weighted by atomic mass is 9.96. The fourth-order valence-corrected chi connectivity index (χ4v) is 2.94. The number of anilines is 1. The molecule has 0 aliphatic carbocycles. The summed E-state index contributed by atoms with van der Waals surface area (Å²) in [6, 6.07) is 9.96. The number of nitrogens with zero attached hydrogens (tertiary/aromatic N) is 3. The maximum absolute atomic E-state index is 12.7. The van der Waals surface area contributed by atoms with E-state index in [2.05, 4.69) is 15.3 Å². The number of hydrogen-bond acceptors (Lipinski definition) is 4. The van der Waals surface area contributed by atoms with Crippen LogP contribution in [0.3, 0.4) is 0 Å². The third-order valence-corrected chi connectivity index (χ3v) is 4.42. The number of piperidine rings is 1. The summed E-state index contributed by atoms with van der Waals surface area (Å²) >= 11 is 0. The van der Waals surface area contributed by atoms with E-state index >= 15 is 0 Å². The van der Waals surface area contributed by atoms with E-state index in [0.29, 0.717) is 25.2 Å². The summed E-state index contributed by atoms with van der Waals surface area (Å²) in [4.78, 5) is 21.5. The molecule has 0 bridgehead atoms. The van der Waals surface area contributed by atoms with Crippen molar-refractivity contribution in [2.24, 2.45) is 5.92 Å². The predicted octanol–water partition coefficient (Wildman–Crippen LogP) is 3.46. The van der Waals surface area contributed by atoms with Gasteiger partial charge in [-0.2, -0.15) is 13.2 Å². The molecule has 2 heterocycles. The molecule has 0 spiro atoms. The van der Waals surface area contributed by atoms with Gasteiger partial charge in [-0.1, -0.05) is 18.2 Å². The van der Waals surface area contributed by atoms with Crippen LogP contribution in [0.15, 0.2) is 42.6 Å². The summed E-state index contributed by atoms with van der Waals surface area (Å²) in [6.07, 6.45) is -1.82. The number of carbonyl (C=O) groups excluding carboxylic acids is 1. The zero-order chi connectivity index (χ0) is 18.6. The number of likely N-dealkylation sites (tertiary alicyclic amines) is 1. The van der Waals surface area contributed by atoms with Crippen LogP contribution in [0.4, 0.5) is 19.1 Å². The normalized spacial score (nSPS) is 15.7. The van der Waals surface area contributed by atoms with Gasteiger partial charge >= 0.3 is 6.18 Å².